The van der Waals surface area contributed by atoms with Gasteiger partial charge in [-0.3, -0.25) is 24.4 Å². The molecule has 4 N–H and O–H groups in total. The fourth-order valence-corrected chi connectivity index (χ4v) is 4.94. The average Bonchev–Trinajstić information content (AvgIpc) is 3.02. The van der Waals surface area contributed by atoms with Crippen LogP contribution in [0.25, 0.3) is 10.4 Å². The molecular formula is C17H21N5O8S. The number of likely N-dealkylation sites (tertiary alicyclic amines) is 1. The van der Waals surface area contributed by atoms with Crippen molar-refractivity contribution in [1.82, 2.24) is 10.2 Å². The number of imide groups is 1. The summed E-state index contributed by atoms with van der Waals surface area (Å²) in [6.07, 6.45) is -0.983. The topological polar surface area (TPSA) is 210 Å². The molecule has 3 atom stereocenters. The highest BCUT2D eigenvalue weighted by atomic mass is 32.2. The second kappa shape index (κ2) is 9.31. The van der Waals surface area contributed by atoms with Gasteiger partial charge in [-0.1, -0.05) is 30.2 Å². The van der Waals surface area contributed by atoms with Gasteiger partial charge in [-0.2, -0.15) is 8.42 Å². The molecule has 1 heterocycles. The molecule has 0 bridgehead atoms. The molecule has 0 aliphatic carbocycles. The number of para-hydroxylation sites is 1. The quantitative estimate of drug-likeness (QED) is 0.129. The zero-order valence-corrected chi connectivity index (χ0v) is 17.2. The van der Waals surface area contributed by atoms with Crippen molar-refractivity contribution in [3.8, 4) is 5.75 Å². The van der Waals surface area contributed by atoms with Crippen LogP contribution in [0, 0.1) is 0 Å². The molecule has 168 valence electrons. The van der Waals surface area contributed by atoms with E-state index >= 15 is 0 Å². The fourth-order valence-electron chi connectivity index (χ4n) is 3.58. The van der Waals surface area contributed by atoms with Gasteiger partial charge in [-0.05, 0) is 18.0 Å². The summed E-state index contributed by atoms with van der Waals surface area (Å²) in [6, 6.07) is 4.04. The highest BCUT2D eigenvalue weighted by Gasteiger charge is 2.62. The number of carbonyl (C=O) groups is 3. The van der Waals surface area contributed by atoms with Gasteiger partial charge in [0.25, 0.3) is 10.1 Å². The smallest absolute Gasteiger partial charge is 0.346 e. The van der Waals surface area contributed by atoms with Crippen LogP contribution in [0.4, 0.5) is 0 Å². The van der Waals surface area contributed by atoms with Gasteiger partial charge in [0.2, 0.25) is 17.5 Å². The maximum atomic E-state index is 12.5. The molecule has 2 rings (SSSR count). The number of aliphatic carboxylic acids is 1. The summed E-state index contributed by atoms with van der Waals surface area (Å²) >= 11 is 0. The highest BCUT2D eigenvalue weighted by Crippen LogP contribution is 2.34. The van der Waals surface area contributed by atoms with Crippen LogP contribution in [0.5, 0.6) is 5.75 Å². The monoisotopic (exact) mass is 455 g/mol. The lowest BCUT2D eigenvalue weighted by Gasteiger charge is -2.43. The number of nitrogens with one attached hydrogen (secondary N) is 1. The molecule has 1 aliphatic rings. The molecule has 1 saturated heterocycles. The Morgan fingerprint density at radius 3 is 2.35 bits per heavy atom. The summed E-state index contributed by atoms with van der Waals surface area (Å²) < 4.78 is 34.7. The van der Waals surface area contributed by atoms with E-state index in [1.807, 2.05) is 0 Å². The molecule has 0 spiro atoms. The Morgan fingerprint density at radius 2 is 1.90 bits per heavy atom. The Kier molecular flexibility index (Phi) is 7.23. The number of phenolic OH excluding ortho intramolecular Hbond substituents is 1. The lowest BCUT2D eigenvalue weighted by atomic mass is 9.95. The van der Waals surface area contributed by atoms with Gasteiger partial charge in [0, 0.05) is 29.9 Å². The second-order valence-corrected chi connectivity index (χ2v) is 8.33. The molecule has 1 aliphatic heterocycles. The van der Waals surface area contributed by atoms with Crippen molar-refractivity contribution in [2.75, 3.05) is 0 Å². The first kappa shape index (κ1) is 24.1. The number of azide groups is 1. The lowest BCUT2D eigenvalue weighted by Crippen LogP contribution is -2.74. The van der Waals surface area contributed by atoms with E-state index in [-0.39, 0.29) is 35.5 Å². The normalized spacial score (nSPS) is 18.2. The van der Waals surface area contributed by atoms with Crippen molar-refractivity contribution in [2.24, 2.45) is 5.11 Å². The third-order valence-corrected chi connectivity index (χ3v) is 6.27. The molecule has 1 aromatic carbocycles. The number of hydrogen-bond donors (Lipinski definition) is 4. The molecule has 1 fully saturated rings. The number of benzene rings is 1. The minimum Gasteiger partial charge on any atom is -0.508 e. The number of aromatic hydroxyl groups is 1. The Bertz CT molecular complexity index is 1020. The highest BCUT2D eigenvalue weighted by molar-refractivity contribution is 7.86. The van der Waals surface area contributed by atoms with Gasteiger partial charge < -0.3 is 10.2 Å². The van der Waals surface area contributed by atoms with Crippen molar-refractivity contribution in [3.63, 3.8) is 0 Å². The predicted octanol–water partition coefficient (Wildman–Crippen LogP) is 0.757. The third kappa shape index (κ3) is 4.61. The maximum absolute atomic E-state index is 12.5. The van der Waals surface area contributed by atoms with Crippen LogP contribution in [0.1, 0.15) is 31.7 Å². The largest absolute Gasteiger partial charge is 0.508 e. The molecule has 14 heteroatoms. The van der Waals surface area contributed by atoms with E-state index in [9.17, 15) is 37.6 Å². The molecule has 0 aromatic heterocycles. The van der Waals surface area contributed by atoms with Crippen LogP contribution in [-0.2, 0) is 31.0 Å². The number of nitrogens with zero attached hydrogens (tertiary/aromatic N) is 4. The van der Waals surface area contributed by atoms with Gasteiger partial charge in [-0.15, -0.1) is 0 Å². The molecule has 31 heavy (non-hydrogen) atoms. The summed E-state index contributed by atoms with van der Waals surface area (Å²) in [7, 11) is -5.32. The standard InChI is InChI=1S/C17H21N5O8S/c1-2-11(20-21-18)15(31(28,29)30)17(16(26)27,22-13(24)7-8-14(22)25)19-9-10-5-3-4-6-12(10)23/h3-6,11,15,19,23H,2,7-9H2,1H3,(H,26,27)(H,28,29,30). The Labute approximate surface area is 177 Å². The number of carboxylic acids is 1. The molecule has 2 amide bonds. The van der Waals surface area contributed by atoms with E-state index in [0.29, 0.717) is 0 Å². The molecular weight excluding hydrogens is 434 g/mol. The Morgan fingerprint density at radius 1 is 1.32 bits per heavy atom. The molecule has 13 nitrogen and oxygen atoms in total. The van der Waals surface area contributed by atoms with Crippen molar-refractivity contribution in [3.05, 3.63) is 40.3 Å². The number of amides is 2. The van der Waals surface area contributed by atoms with Gasteiger partial charge >= 0.3 is 5.97 Å². The van der Waals surface area contributed by atoms with Gasteiger partial charge in [0.05, 0.1) is 6.04 Å². The zero-order chi connectivity index (χ0) is 23.4. The van der Waals surface area contributed by atoms with Gasteiger partial charge in [0.1, 0.15) is 11.0 Å². The summed E-state index contributed by atoms with van der Waals surface area (Å²) in [6.45, 7) is 0.871. The van der Waals surface area contributed by atoms with Gasteiger partial charge in [0.15, 0.2) is 0 Å². The van der Waals surface area contributed by atoms with Crippen molar-refractivity contribution >= 4 is 27.9 Å². The van der Waals surface area contributed by atoms with E-state index < -0.39 is 51.4 Å². The van der Waals surface area contributed by atoms with E-state index in [1.165, 1.54) is 31.2 Å². The van der Waals surface area contributed by atoms with E-state index in [0.717, 1.165) is 0 Å². The summed E-state index contributed by atoms with van der Waals surface area (Å²) in [5.74, 6) is -4.21. The lowest BCUT2D eigenvalue weighted by molar-refractivity contribution is -0.166. The number of rotatable bonds is 10. The van der Waals surface area contributed by atoms with E-state index in [1.54, 1.807) is 0 Å². The minimum atomic E-state index is -5.32. The number of hydrogen-bond acceptors (Lipinski definition) is 8. The van der Waals surface area contributed by atoms with E-state index in [4.69, 9.17) is 5.53 Å². The van der Waals surface area contributed by atoms with Crippen LogP contribution < -0.4 is 5.32 Å². The predicted molar refractivity (Wildman–Crippen MR) is 105 cm³/mol. The van der Waals surface area contributed by atoms with Crippen LogP contribution in [0.2, 0.25) is 0 Å². The Hall–Kier alpha value is -3.19. The van der Waals surface area contributed by atoms with Crippen molar-refractivity contribution in [1.29, 1.82) is 0 Å². The van der Waals surface area contributed by atoms with Gasteiger partial charge in [-0.25, -0.2) is 4.79 Å². The minimum absolute atomic E-state index is 0.123. The number of carboxylic acid groups (broad SMARTS) is 1. The molecule has 3 unspecified atom stereocenters. The van der Waals surface area contributed by atoms with Crippen LogP contribution >= 0.6 is 0 Å². The summed E-state index contributed by atoms with van der Waals surface area (Å²) in [5, 5.41) is 23.3. The molecule has 0 radical (unpaired) electrons. The van der Waals surface area contributed by atoms with Crippen LogP contribution in [-0.4, -0.2) is 62.8 Å². The Balaban J connectivity index is 2.78. The first-order valence-electron chi connectivity index (χ1n) is 9.12. The average molecular weight is 455 g/mol. The third-order valence-electron chi connectivity index (χ3n) is 4.97. The molecule has 1 aromatic rings. The van der Waals surface area contributed by atoms with E-state index in [2.05, 4.69) is 15.3 Å². The summed E-state index contributed by atoms with van der Waals surface area (Å²) in [4.78, 5) is 40.3. The van der Waals surface area contributed by atoms with Crippen molar-refractivity contribution < 1.29 is 37.6 Å². The maximum Gasteiger partial charge on any atom is 0.346 e. The van der Waals surface area contributed by atoms with Crippen LogP contribution in [0.15, 0.2) is 29.4 Å². The van der Waals surface area contributed by atoms with Crippen molar-refractivity contribution in [2.45, 2.75) is 49.7 Å². The zero-order valence-electron chi connectivity index (χ0n) is 16.4. The fraction of sp³-hybridized carbons (Fsp3) is 0.471. The first-order valence-corrected chi connectivity index (χ1v) is 10.6. The SMILES string of the molecule is CCC(N=[N+]=[N-])C(C(NCc1ccccc1O)(C(=O)O)N1C(=O)CCC1=O)S(=O)(=O)O. The molecule has 0 saturated carbocycles. The number of phenols is 1. The number of carbonyl (C=O) groups excluding carboxylic acids is 2. The first-order chi connectivity index (χ1) is 14.5. The summed E-state index contributed by atoms with van der Waals surface area (Å²) in [5.41, 5.74) is 5.94. The van der Waals surface area contributed by atoms with Crippen LogP contribution in [0.3, 0.4) is 0 Å². The second-order valence-electron chi connectivity index (χ2n) is 6.79.